The Balaban J connectivity index is 1.21. The molecule has 4 aliphatic carbocycles. The summed E-state index contributed by atoms with van der Waals surface area (Å²) in [5, 5.41) is 38.2. The number of benzene rings is 9. The second-order valence-corrected chi connectivity index (χ2v) is 18.5. The van der Waals surface area contributed by atoms with Crippen LogP contribution in [0.4, 0.5) is 0 Å². The Labute approximate surface area is 301 Å². The zero-order valence-corrected chi connectivity index (χ0v) is 29.4. The third kappa shape index (κ3) is 2.01. The molecule has 1 spiro atoms. The number of hydrogen-bond donors (Lipinski definition) is 0. The topological polar surface area (TPSA) is 12.5 Å². The Bertz CT molecular complexity index is 4030. The second-order valence-electron chi connectivity index (χ2n) is 18.5. The summed E-state index contributed by atoms with van der Waals surface area (Å²) in [5.74, 6) is 0.427. The maximum atomic E-state index is 5.89. The molecule has 13 aromatic carbocycles. The maximum absolute atomic E-state index is 5.89. The van der Waals surface area contributed by atoms with E-state index in [1.807, 2.05) is 7.11 Å². The Morgan fingerprint density at radius 1 is 0.623 bits per heavy atom. The lowest BCUT2D eigenvalue weighted by atomic mass is 9.61. The molecule has 2 heteroatoms. The fourth-order valence-electron chi connectivity index (χ4n) is 15.8. The van der Waals surface area contributed by atoms with Gasteiger partial charge in [-0.15, -0.1) is 0 Å². The first-order valence-corrected chi connectivity index (χ1v) is 20.0. The van der Waals surface area contributed by atoms with E-state index in [-0.39, 0.29) is 5.41 Å². The Kier molecular flexibility index (Phi) is 3.25. The molecule has 0 saturated carbocycles. The Morgan fingerprint density at radius 3 is 1.96 bits per heavy atom. The van der Waals surface area contributed by atoms with Gasteiger partial charge in [-0.2, -0.15) is 0 Å². The fourth-order valence-corrected chi connectivity index (χ4v) is 15.8. The number of hydrogen-bond acceptors (Lipinski definition) is 2. The highest BCUT2D eigenvalue weighted by Gasteiger charge is 2.61. The summed E-state index contributed by atoms with van der Waals surface area (Å²) in [6.45, 7) is 5.19. The van der Waals surface area contributed by atoms with Crippen LogP contribution in [-0.2, 0) is 23.0 Å². The monoisotopic (exact) mass is 671 g/mol. The molecule has 1 aliphatic heterocycles. The van der Waals surface area contributed by atoms with E-state index in [9.17, 15) is 0 Å². The van der Waals surface area contributed by atoms with Gasteiger partial charge in [-0.25, -0.2) is 0 Å². The van der Waals surface area contributed by atoms with Crippen molar-refractivity contribution in [2.75, 3.05) is 26.8 Å². The third-order valence-corrected chi connectivity index (χ3v) is 16.9. The van der Waals surface area contributed by atoms with Crippen LogP contribution >= 0.6 is 0 Å². The Hall–Kier alpha value is -5.28. The summed E-state index contributed by atoms with van der Waals surface area (Å²) in [7, 11) is 1.88. The van der Waals surface area contributed by atoms with Gasteiger partial charge in [0.05, 0.1) is 6.61 Å². The normalized spacial score (nSPS) is 23.9. The lowest BCUT2D eigenvalue weighted by molar-refractivity contribution is 0.136. The Morgan fingerprint density at radius 2 is 1.23 bits per heavy atom. The first-order chi connectivity index (χ1) is 26.2. The van der Waals surface area contributed by atoms with Crippen LogP contribution in [0.1, 0.15) is 40.3 Å². The highest BCUT2D eigenvalue weighted by atomic mass is 16.5. The van der Waals surface area contributed by atoms with E-state index in [1.165, 1.54) is 32.7 Å². The van der Waals surface area contributed by atoms with Gasteiger partial charge >= 0.3 is 0 Å². The zero-order valence-electron chi connectivity index (χ0n) is 29.4. The molecule has 0 N–H and O–H groups in total. The van der Waals surface area contributed by atoms with Gasteiger partial charge in [-0.1, -0.05) is 47.5 Å². The standard InChI is InChI=1S/C51H29NO/c1-18-5-3-4-6-26(18)50-48-27-15-24-13-21-11-22-10-19-9-20-12-23-14-25-16-51(48,17-52(50)7-8-53-2)49-34(25)39-33(23)38-29(20)28(19)36-32(22)37-30(21)31(24)40-35(27)47(49)46-44(39)42(38)41(36)43(37)45(40)46/h3-6,9-12,14,48,50H,7-8,13,15-17H2,1-2H3. The number of likely N-dealkylation sites (tertiary alicyclic amines) is 1. The minimum atomic E-state index is 0.0418. The van der Waals surface area contributed by atoms with Gasteiger partial charge in [-0.05, 0) is 201 Å². The van der Waals surface area contributed by atoms with Crippen LogP contribution in [0.2, 0.25) is 0 Å². The van der Waals surface area contributed by atoms with E-state index >= 15 is 0 Å². The van der Waals surface area contributed by atoms with Crippen molar-refractivity contribution in [2.24, 2.45) is 5.92 Å². The van der Waals surface area contributed by atoms with E-state index in [1.54, 1.807) is 135 Å². The number of aryl methyl sites for hydroxylation is 1. The molecule has 3 atom stereocenters. The van der Waals surface area contributed by atoms with Crippen molar-refractivity contribution in [1.82, 2.24) is 4.90 Å². The summed E-state index contributed by atoms with van der Waals surface area (Å²) < 4.78 is 5.89. The van der Waals surface area contributed by atoms with Crippen LogP contribution in [0.15, 0.2) is 54.6 Å². The van der Waals surface area contributed by atoms with Gasteiger partial charge in [0.25, 0.3) is 0 Å². The van der Waals surface area contributed by atoms with Crippen LogP contribution in [0.5, 0.6) is 0 Å². The first kappa shape index (κ1) is 24.9. The molecule has 244 valence electrons. The van der Waals surface area contributed by atoms with E-state index < -0.39 is 0 Å². The fraction of sp³-hybridized carbons (Fsp3) is 0.216. The number of ether oxygens (including phenoxy) is 1. The van der Waals surface area contributed by atoms with Gasteiger partial charge in [0.15, 0.2) is 0 Å². The van der Waals surface area contributed by atoms with Crippen LogP contribution in [-0.4, -0.2) is 31.7 Å². The van der Waals surface area contributed by atoms with E-state index in [0.29, 0.717) is 12.0 Å². The summed E-state index contributed by atoms with van der Waals surface area (Å²) >= 11 is 0. The van der Waals surface area contributed by atoms with Crippen LogP contribution < -0.4 is 10.4 Å². The molecule has 5 aliphatic rings. The molecular weight excluding hydrogens is 643 g/mol. The maximum Gasteiger partial charge on any atom is 0.0589 e. The highest BCUT2D eigenvalue weighted by Crippen LogP contribution is 2.69. The molecule has 0 aromatic heterocycles. The van der Waals surface area contributed by atoms with Crippen LogP contribution in [0, 0.1) is 12.8 Å². The number of rotatable bonds is 4. The van der Waals surface area contributed by atoms with Crippen molar-refractivity contribution in [3.05, 3.63) is 92.9 Å². The van der Waals surface area contributed by atoms with Crippen molar-refractivity contribution >= 4 is 130 Å². The number of methoxy groups -OCH3 is 1. The highest BCUT2D eigenvalue weighted by molar-refractivity contribution is 6.63. The number of fused-ring (bicyclic) bond motifs is 1. The molecule has 0 amide bonds. The minimum absolute atomic E-state index is 0.0418. The molecule has 0 radical (unpaired) electrons. The lowest BCUT2D eigenvalue weighted by Gasteiger charge is -2.40. The quantitative estimate of drug-likeness (QED) is 0.173. The largest absolute Gasteiger partial charge is 0.383 e. The molecule has 53 heavy (non-hydrogen) atoms. The predicted molar refractivity (Wildman–Crippen MR) is 220 cm³/mol. The summed E-state index contributed by atoms with van der Waals surface area (Å²) in [4.78, 5) is 2.88. The van der Waals surface area contributed by atoms with Gasteiger partial charge in [0, 0.05) is 37.6 Å². The molecule has 3 unspecified atom stereocenters. The van der Waals surface area contributed by atoms with Crippen molar-refractivity contribution in [3.63, 3.8) is 0 Å². The smallest absolute Gasteiger partial charge is 0.0589 e. The van der Waals surface area contributed by atoms with Crippen molar-refractivity contribution in [2.45, 2.75) is 37.6 Å². The van der Waals surface area contributed by atoms with E-state index in [2.05, 4.69) is 66.4 Å². The van der Waals surface area contributed by atoms with Crippen molar-refractivity contribution in [3.8, 4) is 0 Å². The summed E-state index contributed by atoms with van der Waals surface area (Å²) in [5.41, 5.74) is 11.4. The zero-order chi connectivity index (χ0) is 33.4. The average molecular weight is 672 g/mol. The molecular formula is C51H29NO. The summed E-state index contributed by atoms with van der Waals surface area (Å²) in [6.07, 6.45) is 3.37. The number of nitrogens with zero attached hydrogens (tertiary/aromatic N) is 1. The molecule has 0 bridgehead atoms. The minimum Gasteiger partial charge on any atom is -0.383 e. The SMILES string of the molecule is COCCN1CC23Cc4cc5cc6cc7cc8cc9c%10c%11c%12c(c%13c2c4c2c5c4c6c7c5c8c%10c6c%12c%13c2c4c56)=C(CC=%11C9)C3C1c1ccccc1C. The summed E-state index contributed by atoms with van der Waals surface area (Å²) in [6, 6.07) is 22.8. The molecule has 2 nitrogen and oxygen atoms in total. The second kappa shape index (κ2) is 6.93. The molecule has 18 rings (SSSR count). The van der Waals surface area contributed by atoms with E-state index in [0.717, 1.165) is 39.0 Å². The van der Waals surface area contributed by atoms with Crippen LogP contribution in [0.25, 0.3) is 130 Å². The van der Waals surface area contributed by atoms with E-state index in [4.69, 9.17) is 4.74 Å². The molecule has 1 fully saturated rings. The molecule has 1 heterocycles. The first-order valence-electron chi connectivity index (χ1n) is 20.0. The van der Waals surface area contributed by atoms with Gasteiger partial charge in [0.1, 0.15) is 0 Å². The van der Waals surface area contributed by atoms with Crippen molar-refractivity contribution in [1.29, 1.82) is 0 Å². The molecule has 13 aromatic rings. The van der Waals surface area contributed by atoms with Crippen molar-refractivity contribution < 1.29 is 4.74 Å². The lowest BCUT2D eigenvalue weighted by Crippen LogP contribution is -2.42. The third-order valence-electron chi connectivity index (χ3n) is 16.9. The van der Waals surface area contributed by atoms with Gasteiger partial charge in [-0.3, -0.25) is 4.90 Å². The average Bonchev–Trinajstić information content (AvgIpc) is 4.01. The van der Waals surface area contributed by atoms with Gasteiger partial charge < -0.3 is 4.74 Å². The van der Waals surface area contributed by atoms with Gasteiger partial charge in [0.2, 0.25) is 0 Å². The van der Waals surface area contributed by atoms with Crippen LogP contribution in [0.3, 0.4) is 0 Å². The molecule has 1 saturated heterocycles. The predicted octanol–water partition coefficient (Wildman–Crippen LogP) is 10.0.